The number of carbonyl (C=O) groups is 1. The number of methoxy groups -OCH3 is 1. The first-order chi connectivity index (χ1) is 16.0. The fourth-order valence-corrected chi connectivity index (χ4v) is 3.81. The maximum Gasteiger partial charge on any atom is 0.252 e. The zero-order valence-electron chi connectivity index (χ0n) is 18.2. The maximum absolute atomic E-state index is 11.8. The molecule has 1 aliphatic heterocycles. The quantitative estimate of drug-likeness (QED) is 0.342. The summed E-state index contributed by atoms with van der Waals surface area (Å²) in [6, 6.07) is 5.13. The summed E-state index contributed by atoms with van der Waals surface area (Å²) in [5, 5.41) is 17.0. The van der Waals surface area contributed by atoms with E-state index in [0.717, 1.165) is 25.9 Å². The van der Waals surface area contributed by atoms with E-state index in [1.54, 1.807) is 25.2 Å². The molecule has 0 radical (unpaired) electrons. The molecule has 3 heterocycles. The van der Waals surface area contributed by atoms with Crippen molar-refractivity contribution in [3.8, 4) is 11.6 Å². The number of aromatic nitrogens is 5. The standard InChI is InChI=1S/C20H25ClN10O2/c1-23-18(32)13-6-5-11(8-14(13)21)28-20-29-19(22)31(30-20)17-15(33-2)16(25-10-26-17)27-12-4-3-7-24-9-12/h5-6,8,10,12,24H,3-4,7,9H2,1-2H3,(H,23,32)(H,25,26,27)(H3,22,28,29,30)/t12-/m0/s1. The van der Waals surface area contributed by atoms with Crippen molar-refractivity contribution < 1.29 is 9.53 Å². The van der Waals surface area contributed by atoms with Gasteiger partial charge in [-0.3, -0.25) is 4.79 Å². The van der Waals surface area contributed by atoms with Gasteiger partial charge in [0.2, 0.25) is 23.5 Å². The number of nitrogens with one attached hydrogen (secondary N) is 4. The number of hydrogen-bond acceptors (Lipinski definition) is 10. The normalized spacial score (nSPS) is 15.7. The number of piperidine rings is 1. The molecule has 0 bridgehead atoms. The number of halogens is 1. The molecule has 1 atom stereocenters. The molecular formula is C20H25ClN10O2. The van der Waals surface area contributed by atoms with E-state index in [-0.39, 0.29) is 28.9 Å². The van der Waals surface area contributed by atoms with Gasteiger partial charge in [0.25, 0.3) is 5.91 Å². The van der Waals surface area contributed by atoms with Gasteiger partial charge in [0.15, 0.2) is 5.82 Å². The molecule has 174 valence electrons. The molecule has 3 aromatic rings. The highest BCUT2D eigenvalue weighted by atomic mass is 35.5. The number of nitrogen functional groups attached to an aromatic ring is 1. The smallest absolute Gasteiger partial charge is 0.252 e. The number of nitrogens with two attached hydrogens (primary N) is 1. The lowest BCUT2D eigenvalue weighted by Crippen LogP contribution is -2.38. The molecule has 1 aromatic carbocycles. The number of amides is 1. The van der Waals surface area contributed by atoms with Gasteiger partial charge in [-0.2, -0.15) is 9.67 Å². The van der Waals surface area contributed by atoms with Crippen molar-refractivity contribution in [1.82, 2.24) is 35.4 Å². The Balaban J connectivity index is 1.59. The Morgan fingerprint density at radius 2 is 2.21 bits per heavy atom. The second kappa shape index (κ2) is 9.88. The first kappa shape index (κ1) is 22.6. The van der Waals surface area contributed by atoms with Gasteiger partial charge < -0.3 is 31.7 Å². The Morgan fingerprint density at radius 3 is 2.91 bits per heavy atom. The maximum atomic E-state index is 11.8. The van der Waals surface area contributed by atoms with Crippen LogP contribution in [0.15, 0.2) is 24.5 Å². The predicted octanol–water partition coefficient (Wildman–Crippen LogP) is 1.57. The van der Waals surface area contributed by atoms with Crippen LogP contribution in [0.25, 0.3) is 5.82 Å². The van der Waals surface area contributed by atoms with Gasteiger partial charge in [-0.25, -0.2) is 9.97 Å². The Kier molecular flexibility index (Phi) is 6.75. The van der Waals surface area contributed by atoms with Crippen molar-refractivity contribution >= 4 is 40.9 Å². The van der Waals surface area contributed by atoms with Gasteiger partial charge in [-0.05, 0) is 37.6 Å². The second-order valence-electron chi connectivity index (χ2n) is 7.37. The zero-order valence-corrected chi connectivity index (χ0v) is 19.0. The molecule has 0 spiro atoms. The lowest BCUT2D eigenvalue weighted by Gasteiger charge is -2.25. The molecule has 33 heavy (non-hydrogen) atoms. The predicted molar refractivity (Wildman–Crippen MR) is 126 cm³/mol. The lowest BCUT2D eigenvalue weighted by atomic mass is 10.1. The molecule has 6 N–H and O–H groups in total. The minimum atomic E-state index is -0.275. The van der Waals surface area contributed by atoms with E-state index in [0.29, 0.717) is 28.6 Å². The SMILES string of the molecule is CNC(=O)c1ccc(Nc2nc(N)n(-c3ncnc(N[C@H]4CCCNC4)c3OC)n2)cc1Cl. The van der Waals surface area contributed by atoms with Crippen molar-refractivity contribution in [3.63, 3.8) is 0 Å². The average molecular weight is 473 g/mol. The van der Waals surface area contributed by atoms with E-state index < -0.39 is 0 Å². The molecule has 0 unspecified atom stereocenters. The van der Waals surface area contributed by atoms with Crippen molar-refractivity contribution in [2.75, 3.05) is 43.6 Å². The van der Waals surface area contributed by atoms with E-state index in [1.807, 2.05) is 0 Å². The first-order valence-electron chi connectivity index (χ1n) is 10.4. The second-order valence-corrected chi connectivity index (χ2v) is 7.78. The number of nitrogens with zero attached hydrogens (tertiary/aromatic N) is 5. The third-order valence-corrected chi connectivity index (χ3v) is 5.47. The Morgan fingerprint density at radius 1 is 1.36 bits per heavy atom. The summed E-state index contributed by atoms with van der Waals surface area (Å²) < 4.78 is 6.96. The van der Waals surface area contributed by atoms with Crippen molar-refractivity contribution in [3.05, 3.63) is 35.1 Å². The average Bonchev–Trinajstić information content (AvgIpc) is 3.18. The van der Waals surface area contributed by atoms with Gasteiger partial charge in [-0.15, -0.1) is 5.10 Å². The lowest BCUT2D eigenvalue weighted by molar-refractivity contribution is 0.0963. The Bertz CT molecular complexity index is 1150. The van der Waals surface area contributed by atoms with Gasteiger partial charge in [0, 0.05) is 25.3 Å². The minimum Gasteiger partial charge on any atom is -0.490 e. The van der Waals surface area contributed by atoms with Crippen molar-refractivity contribution in [2.24, 2.45) is 0 Å². The van der Waals surface area contributed by atoms with Gasteiger partial charge >= 0.3 is 0 Å². The molecule has 1 amide bonds. The molecular weight excluding hydrogens is 448 g/mol. The summed E-state index contributed by atoms with van der Waals surface area (Å²) in [4.78, 5) is 24.7. The highest BCUT2D eigenvalue weighted by Gasteiger charge is 2.21. The van der Waals surface area contributed by atoms with E-state index >= 15 is 0 Å². The molecule has 0 saturated carbocycles. The van der Waals surface area contributed by atoms with Crippen LogP contribution in [0.5, 0.6) is 5.75 Å². The fourth-order valence-electron chi connectivity index (χ4n) is 3.55. The number of hydrogen-bond donors (Lipinski definition) is 5. The Hall–Kier alpha value is -3.64. The summed E-state index contributed by atoms with van der Waals surface area (Å²) >= 11 is 6.22. The molecule has 1 saturated heterocycles. The number of ether oxygens (including phenoxy) is 1. The summed E-state index contributed by atoms with van der Waals surface area (Å²) in [7, 11) is 3.08. The number of rotatable bonds is 7. The van der Waals surface area contributed by atoms with Crippen LogP contribution in [0, 0.1) is 0 Å². The third-order valence-electron chi connectivity index (χ3n) is 5.16. The van der Waals surface area contributed by atoms with Crippen LogP contribution in [0.3, 0.4) is 0 Å². The van der Waals surface area contributed by atoms with E-state index in [9.17, 15) is 4.79 Å². The monoisotopic (exact) mass is 472 g/mol. The van der Waals surface area contributed by atoms with Crippen molar-refractivity contribution in [1.29, 1.82) is 0 Å². The first-order valence-corrected chi connectivity index (χ1v) is 10.8. The van der Waals surface area contributed by atoms with Crippen LogP contribution in [0.4, 0.5) is 23.4 Å². The van der Waals surface area contributed by atoms with Gasteiger partial charge in [0.05, 0.1) is 17.7 Å². The molecule has 1 fully saturated rings. The Labute approximate surface area is 195 Å². The zero-order chi connectivity index (χ0) is 23.4. The van der Waals surface area contributed by atoms with Crippen LogP contribution in [0.2, 0.25) is 5.02 Å². The number of carbonyl (C=O) groups excluding carboxylic acids is 1. The molecule has 12 nitrogen and oxygen atoms in total. The van der Waals surface area contributed by atoms with E-state index in [4.69, 9.17) is 22.1 Å². The topological polar surface area (TPSA) is 157 Å². The minimum absolute atomic E-state index is 0.105. The summed E-state index contributed by atoms with van der Waals surface area (Å²) in [5.41, 5.74) is 7.07. The summed E-state index contributed by atoms with van der Waals surface area (Å²) in [5.74, 6) is 1.37. The fraction of sp³-hybridized carbons (Fsp3) is 0.350. The summed E-state index contributed by atoms with van der Waals surface area (Å²) in [6.45, 7) is 1.85. The third kappa shape index (κ3) is 4.91. The summed E-state index contributed by atoms with van der Waals surface area (Å²) in [6.07, 6.45) is 3.52. The number of benzene rings is 1. The largest absolute Gasteiger partial charge is 0.490 e. The van der Waals surface area contributed by atoms with Crippen molar-refractivity contribution in [2.45, 2.75) is 18.9 Å². The number of anilines is 4. The molecule has 4 rings (SSSR count). The molecule has 2 aromatic heterocycles. The molecule has 13 heteroatoms. The van der Waals surface area contributed by atoms with E-state index in [2.05, 4.69) is 41.3 Å². The highest BCUT2D eigenvalue weighted by molar-refractivity contribution is 6.34. The van der Waals surface area contributed by atoms with Crippen LogP contribution in [-0.4, -0.2) is 63.9 Å². The van der Waals surface area contributed by atoms with Gasteiger partial charge in [0.1, 0.15) is 6.33 Å². The highest BCUT2D eigenvalue weighted by Crippen LogP contribution is 2.30. The molecule has 0 aliphatic carbocycles. The molecule has 1 aliphatic rings. The van der Waals surface area contributed by atoms with Crippen LogP contribution >= 0.6 is 11.6 Å². The van der Waals surface area contributed by atoms with E-state index in [1.165, 1.54) is 18.1 Å². The van der Waals surface area contributed by atoms with Crippen LogP contribution in [0.1, 0.15) is 23.2 Å². The van der Waals surface area contributed by atoms with Crippen LogP contribution < -0.4 is 31.7 Å². The van der Waals surface area contributed by atoms with Gasteiger partial charge in [-0.1, -0.05) is 11.6 Å². The van der Waals surface area contributed by atoms with Crippen LogP contribution in [-0.2, 0) is 0 Å².